The molecule has 0 spiro atoms. The van der Waals surface area contributed by atoms with Gasteiger partial charge in [0.25, 0.3) is 5.91 Å². The SMILES string of the molecule is CCCNC(=O)NC(=O)COc1ccc(-c2nc(C(C)(C)C)cs2)cc1. The fourth-order valence-corrected chi connectivity index (χ4v) is 3.09. The number of carbonyl (C=O) groups is 2. The molecule has 6 nitrogen and oxygen atoms in total. The van der Waals surface area contributed by atoms with E-state index in [4.69, 9.17) is 4.74 Å². The average Bonchev–Trinajstić information content (AvgIpc) is 3.09. The molecule has 1 heterocycles. The van der Waals surface area contributed by atoms with Crippen molar-refractivity contribution in [3.8, 4) is 16.3 Å². The lowest BCUT2D eigenvalue weighted by Crippen LogP contribution is -2.41. The zero-order chi connectivity index (χ0) is 19.2. The summed E-state index contributed by atoms with van der Waals surface area (Å²) in [5, 5.41) is 7.81. The number of nitrogens with zero attached hydrogens (tertiary/aromatic N) is 1. The third-order valence-corrected chi connectivity index (χ3v) is 4.42. The van der Waals surface area contributed by atoms with Crippen molar-refractivity contribution in [2.24, 2.45) is 0 Å². The quantitative estimate of drug-likeness (QED) is 0.806. The molecule has 1 aromatic heterocycles. The average molecular weight is 375 g/mol. The number of rotatable bonds is 6. The normalized spacial score (nSPS) is 11.1. The van der Waals surface area contributed by atoms with Gasteiger partial charge in [-0.1, -0.05) is 27.7 Å². The lowest BCUT2D eigenvalue weighted by Gasteiger charge is -2.14. The van der Waals surface area contributed by atoms with E-state index in [1.165, 1.54) is 0 Å². The van der Waals surface area contributed by atoms with Crippen LogP contribution in [-0.4, -0.2) is 30.1 Å². The maximum Gasteiger partial charge on any atom is 0.321 e. The summed E-state index contributed by atoms with van der Waals surface area (Å²) in [6.07, 6.45) is 0.806. The predicted octanol–water partition coefficient (Wildman–Crippen LogP) is 3.72. The molecule has 26 heavy (non-hydrogen) atoms. The van der Waals surface area contributed by atoms with Gasteiger partial charge in [-0.3, -0.25) is 10.1 Å². The number of hydrogen-bond acceptors (Lipinski definition) is 5. The second-order valence-corrected chi connectivity index (χ2v) is 7.76. The van der Waals surface area contributed by atoms with Crippen molar-refractivity contribution in [2.75, 3.05) is 13.2 Å². The van der Waals surface area contributed by atoms with Crippen LogP contribution < -0.4 is 15.4 Å². The van der Waals surface area contributed by atoms with Crippen LogP contribution in [0.4, 0.5) is 4.79 Å². The molecular weight excluding hydrogens is 350 g/mol. The van der Waals surface area contributed by atoms with Gasteiger partial charge in [-0.05, 0) is 30.7 Å². The Kier molecular flexibility index (Phi) is 6.74. The summed E-state index contributed by atoms with van der Waals surface area (Å²) in [7, 11) is 0. The first-order valence-corrected chi connectivity index (χ1v) is 9.44. The minimum Gasteiger partial charge on any atom is -0.484 e. The van der Waals surface area contributed by atoms with Crippen molar-refractivity contribution in [3.05, 3.63) is 35.3 Å². The van der Waals surface area contributed by atoms with E-state index in [0.29, 0.717) is 12.3 Å². The number of amides is 3. The number of nitrogens with one attached hydrogen (secondary N) is 2. The van der Waals surface area contributed by atoms with Gasteiger partial charge in [0.15, 0.2) is 6.61 Å². The summed E-state index contributed by atoms with van der Waals surface area (Å²) >= 11 is 1.61. The molecule has 2 rings (SSSR count). The molecule has 1 aromatic carbocycles. The Morgan fingerprint density at radius 1 is 1.19 bits per heavy atom. The molecule has 0 saturated heterocycles. The number of imide groups is 1. The molecule has 0 unspecified atom stereocenters. The molecule has 140 valence electrons. The zero-order valence-corrected chi connectivity index (χ0v) is 16.4. The number of ether oxygens (including phenoxy) is 1. The maximum absolute atomic E-state index is 11.7. The highest BCUT2D eigenvalue weighted by Gasteiger charge is 2.18. The molecule has 0 fully saturated rings. The lowest BCUT2D eigenvalue weighted by molar-refractivity contribution is -0.122. The minimum atomic E-state index is -0.505. The van der Waals surface area contributed by atoms with Crippen LogP contribution in [0.5, 0.6) is 5.75 Å². The smallest absolute Gasteiger partial charge is 0.321 e. The number of aromatic nitrogens is 1. The van der Waals surface area contributed by atoms with Crippen LogP contribution in [-0.2, 0) is 10.2 Å². The van der Waals surface area contributed by atoms with Crippen LogP contribution in [0.15, 0.2) is 29.6 Å². The van der Waals surface area contributed by atoms with E-state index in [1.807, 2.05) is 19.1 Å². The third-order valence-electron chi connectivity index (χ3n) is 3.53. The van der Waals surface area contributed by atoms with Gasteiger partial charge >= 0.3 is 6.03 Å². The molecule has 2 N–H and O–H groups in total. The number of urea groups is 1. The Bertz CT molecular complexity index is 748. The Balaban J connectivity index is 1.88. The van der Waals surface area contributed by atoms with Gasteiger partial charge in [-0.25, -0.2) is 9.78 Å². The molecular formula is C19H25N3O3S. The van der Waals surface area contributed by atoms with Gasteiger partial charge in [0, 0.05) is 22.9 Å². The first kappa shape index (κ1) is 19.9. The summed E-state index contributed by atoms with van der Waals surface area (Å²) < 4.78 is 5.41. The highest BCUT2D eigenvalue weighted by atomic mass is 32.1. The monoisotopic (exact) mass is 375 g/mol. The first-order valence-electron chi connectivity index (χ1n) is 8.56. The highest BCUT2D eigenvalue weighted by molar-refractivity contribution is 7.13. The van der Waals surface area contributed by atoms with Crippen molar-refractivity contribution in [3.63, 3.8) is 0 Å². The number of thiazole rings is 1. The van der Waals surface area contributed by atoms with Crippen LogP contribution in [0.1, 0.15) is 39.8 Å². The van der Waals surface area contributed by atoms with Gasteiger partial charge in [0.1, 0.15) is 10.8 Å². The maximum atomic E-state index is 11.7. The molecule has 3 amide bonds. The molecule has 0 bridgehead atoms. The van der Waals surface area contributed by atoms with E-state index < -0.39 is 11.9 Å². The van der Waals surface area contributed by atoms with E-state index in [2.05, 4.69) is 41.8 Å². The molecule has 0 saturated carbocycles. The second kappa shape index (κ2) is 8.80. The molecule has 0 aliphatic carbocycles. The van der Waals surface area contributed by atoms with Crippen molar-refractivity contribution < 1.29 is 14.3 Å². The van der Waals surface area contributed by atoms with E-state index in [0.717, 1.165) is 22.7 Å². The van der Waals surface area contributed by atoms with E-state index in [-0.39, 0.29) is 12.0 Å². The van der Waals surface area contributed by atoms with Crippen LogP contribution in [0.25, 0.3) is 10.6 Å². The van der Waals surface area contributed by atoms with Crippen molar-refractivity contribution in [2.45, 2.75) is 39.5 Å². The van der Waals surface area contributed by atoms with Crippen LogP contribution >= 0.6 is 11.3 Å². The Hall–Kier alpha value is -2.41. The topological polar surface area (TPSA) is 80.3 Å². The fraction of sp³-hybridized carbons (Fsp3) is 0.421. The summed E-state index contributed by atoms with van der Waals surface area (Å²) in [4.78, 5) is 27.7. The van der Waals surface area contributed by atoms with Crippen molar-refractivity contribution in [1.29, 1.82) is 0 Å². The number of carbonyl (C=O) groups excluding carboxylic acids is 2. The fourth-order valence-electron chi connectivity index (χ4n) is 2.04. The van der Waals surface area contributed by atoms with E-state index >= 15 is 0 Å². The van der Waals surface area contributed by atoms with Gasteiger partial charge in [-0.2, -0.15) is 0 Å². The Labute approximate surface area is 158 Å². The zero-order valence-electron chi connectivity index (χ0n) is 15.6. The molecule has 0 radical (unpaired) electrons. The number of benzene rings is 1. The van der Waals surface area contributed by atoms with Crippen LogP contribution in [0, 0.1) is 0 Å². The molecule has 0 atom stereocenters. The van der Waals surface area contributed by atoms with Gasteiger partial charge in [0.05, 0.1) is 5.69 Å². The van der Waals surface area contributed by atoms with Gasteiger partial charge in [-0.15, -0.1) is 11.3 Å². The van der Waals surface area contributed by atoms with Crippen LogP contribution in [0.3, 0.4) is 0 Å². The van der Waals surface area contributed by atoms with Gasteiger partial charge in [0.2, 0.25) is 0 Å². The molecule has 0 aliphatic heterocycles. The Morgan fingerprint density at radius 3 is 2.46 bits per heavy atom. The summed E-state index contributed by atoms with van der Waals surface area (Å²) in [6.45, 7) is 8.65. The summed E-state index contributed by atoms with van der Waals surface area (Å²) in [5.41, 5.74) is 2.09. The molecule has 0 aliphatic rings. The van der Waals surface area contributed by atoms with Crippen molar-refractivity contribution >= 4 is 23.3 Å². The molecule has 7 heteroatoms. The predicted molar refractivity (Wildman–Crippen MR) is 104 cm³/mol. The highest BCUT2D eigenvalue weighted by Crippen LogP contribution is 2.30. The van der Waals surface area contributed by atoms with Gasteiger partial charge < -0.3 is 10.1 Å². The van der Waals surface area contributed by atoms with Crippen LogP contribution in [0.2, 0.25) is 0 Å². The first-order chi connectivity index (χ1) is 12.3. The molecule has 2 aromatic rings. The standard InChI is InChI=1S/C19H25N3O3S/c1-5-10-20-18(24)22-16(23)11-25-14-8-6-13(7-9-14)17-21-15(12-26-17)19(2,3)4/h6-9,12H,5,10-11H2,1-4H3,(H2,20,22,23,24). The van der Waals surface area contributed by atoms with Crippen molar-refractivity contribution in [1.82, 2.24) is 15.6 Å². The largest absolute Gasteiger partial charge is 0.484 e. The third kappa shape index (κ3) is 5.84. The minimum absolute atomic E-state index is 0.0224. The Morgan fingerprint density at radius 2 is 1.88 bits per heavy atom. The van der Waals surface area contributed by atoms with E-state index in [9.17, 15) is 9.59 Å². The summed E-state index contributed by atoms with van der Waals surface area (Å²) in [6, 6.07) is 6.89. The second-order valence-electron chi connectivity index (χ2n) is 6.91. The summed E-state index contributed by atoms with van der Waals surface area (Å²) in [5.74, 6) is 0.0721. The number of hydrogen-bond donors (Lipinski definition) is 2. The van der Waals surface area contributed by atoms with E-state index in [1.54, 1.807) is 23.5 Å². The lowest BCUT2D eigenvalue weighted by atomic mass is 9.93.